The molecule has 0 N–H and O–H groups in total. The molecule has 4 aliphatic rings. The summed E-state index contributed by atoms with van der Waals surface area (Å²) in [5.74, 6) is 0. The highest BCUT2D eigenvalue weighted by Crippen LogP contribution is 2.56. The number of rotatable bonds is 0. The fourth-order valence-corrected chi connectivity index (χ4v) is 7.15. The minimum Gasteiger partial charge on any atom is -0.309 e. The molecule has 164 valence electrons. The van der Waals surface area contributed by atoms with E-state index < -0.39 is 0 Å². The van der Waals surface area contributed by atoms with Gasteiger partial charge in [-0.25, -0.2) is 0 Å². The monoisotopic (exact) mass is 446 g/mol. The van der Waals surface area contributed by atoms with Crippen molar-refractivity contribution >= 4 is 17.1 Å². The van der Waals surface area contributed by atoms with Crippen LogP contribution in [0, 0.1) is 0 Å². The number of anilines is 3. The molecule has 0 saturated heterocycles. The third-order valence-corrected chi connectivity index (χ3v) is 8.55. The molecule has 0 fully saturated rings. The van der Waals surface area contributed by atoms with Crippen molar-refractivity contribution in [3.8, 4) is 22.3 Å². The molecular weight excluding hydrogens is 424 g/mol. The van der Waals surface area contributed by atoms with E-state index in [0.717, 1.165) is 25.7 Å². The Morgan fingerprint density at radius 3 is 2.23 bits per heavy atom. The summed E-state index contributed by atoms with van der Waals surface area (Å²) in [6, 6.07) is 27.6. The van der Waals surface area contributed by atoms with Crippen LogP contribution in [0.3, 0.4) is 0 Å². The summed E-state index contributed by atoms with van der Waals surface area (Å²) in [6.07, 6.45) is 8.02. The average Bonchev–Trinajstić information content (AvgIpc) is 3.45. The normalized spacial score (nSPS) is 14.9. The van der Waals surface area contributed by atoms with Crippen LogP contribution in [0.2, 0.25) is 0 Å². The molecule has 0 atom stereocenters. The van der Waals surface area contributed by atoms with Gasteiger partial charge in [-0.05, 0) is 97.8 Å². The van der Waals surface area contributed by atoms with Crippen LogP contribution in [0.1, 0.15) is 44.5 Å². The molecule has 2 nitrogen and oxygen atoms in total. The number of fused-ring (bicyclic) bond motifs is 11. The number of hydrogen-bond donors (Lipinski definition) is 0. The van der Waals surface area contributed by atoms with Crippen molar-refractivity contribution in [1.82, 2.24) is 4.98 Å². The molecule has 0 amide bonds. The Bertz CT molecular complexity index is 1760. The predicted molar refractivity (Wildman–Crippen MR) is 141 cm³/mol. The van der Waals surface area contributed by atoms with Crippen LogP contribution < -0.4 is 4.90 Å². The van der Waals surface area contributed by atoms with E-state index in [1.54, 1.807) is 0 Å². The van der Waals surface area contributed by atoms with Crippen molar-refractivity contribution in [3.05, 3.63) is 130 Å². The molecule has 9 rings (SSSR count). The Morgan fingerprint density at radius 2 is 1.31 bits per heavy atom. The maximum absolute atomic E-state index is 4.50. The Kier molecular flexibility index (Phi) is 3.27. The first-order valence-corrected chi connectivity index (χ1v) is 12.6. The first-order chi connectivity index (χ1) is 17.3. The fraction of sp³-hybridized carbons (Fsp3) is 0.121. The molecule has 0 saturated carbocycles. The van der Waals surface area contributed by atoms with Crippen LogP contribution in [0.15, 0.2) is 85.2 Å². The number of pyridine rings is 1. The lowest BCUT2D eigenvalue weighted by molar-refractivity contribution is 0.994. The predicted octanol–water partition coefficient (Wildman–Crippen LogP) is 7.50. The maximum atomic E-state index is 4.50. The van der Waals surface area contributed by atoms with E-state index in [1.807, 2.05) is 6.20 Å². The van der Waals surface area contributed by atoms with E-state index >= 15 is 0 Å². The van der Waals surface area contributed by atoms with E-state index in [4.69, 9.17) is 0 Å². The lowest BCUT2D eigenvalue weighted by atomic mass is 9.81. The second kappa shape index (κ2) is 6.28. The van der Waals surface area contributed by atoms with Gasteiger partial charge < -0.3 is 4.90 Å². The zero-order valence-electron chi connectivity index (χ0n) is 19.3. The minimum absolute atomic E-state index is 0.956. The molecule has 2 aliphatic heterocycles. The van der Waals surface area contributed by atoms with Gasteiger partial charge in [0.15, 0.2) is 0 Å². The lowest BCUT2D eigenvalue weighted by Gasteiger charge is -2.40. The van der Waals surface area contributed by atoms with Gasteiger partial charge in [0.2, 0.25) is 0 Å². The van der Waals surface area contributed by atoms with Gasteiger partial charge in [-0.3, -0.25) is 4.98 Å². The fourth-order valence-electron chi connectivity index (χ4n) is 7.15. The Morgan fingerprint density at radius 1 is 0.543 bits per heavy atom. The first-order valence-electron chi connectivity index (χ1n) is 12.6. The van der Waals surface area contributed by atoms with Crippen molar-refractivity contribution < 1.29 is 0 Å². The zero-order chi connectivity index (χ0) is 22.7. The SMILES string of the molecule is c1ccc2c(c1)Cc1cc3c(cc1-2)Cc1c2c(cc4c1N3c1ccncc1C4)Cc1ccccc1-2. The molecule has 35 heavy (non-hydrogen) atoms. The molecule has 3 heterocycles. The molecule has 0 spiro atoms. The number of hydrogen-bond acceptors (Lipinski definition) is 2. The summed E-state index contributed by atoms with van der Waals surface area (Å²) >= 11 is 0. The van der Waals surface area contributed by atoms with Crippen LogP contribution in [-0.4, -0.2) is 4.98 Å². The average molecular weight is 447 g/mol. The second-order valence-corrected chi connectivity index (χ2v) is 10.4. The quantitative estimate of drug-likeness (QED) is 0.240. The van der Waals surface area contributed by atoms with Gasteiger partial charge in [0.05, 0.1) is 17.1 Å². The molecular formula is C33H22N2. The highest BCUT2D eigenvalue weighted by Gasteiger charge is 2.37. The van der Waals surface area contributed by atoms with E-state index in [2.05, 4.69) is 88.9 Å². The molecule has 2 aliphatic carbocycles. The first kappa shape index (κ1) is 18.2. The largest absolute Gasteiger partial charge is 0.309 e. The zero-order valence-corrected chi connectivity index (χ0v) is 19.3. The van der Waals surface area contributed by atoms with Crippen LogP contribution in [0.25, 0.3) is 22.3 Å². The Balaban J connectivity index is 1.36. The van der Waals surface area contributed by atoms with E-state index in [9.17, 15) is 0 Å². The number of nitrogens with zero attached hydrogens (tertiary/aromatic N) is 2. The third-order valence-electron chi connectivity index (χ3n) is 8.55. The van der Waals surface area contributed by atoms with Gasteiger partial charge in [-0.1, -0.05) is 54.6 Å². The maximum Gasteiger partial charge on any atom is 0.0539 e. The molecule has 0 radical (unpaired) electrons. The molecule has 5 aromatic rings. The Labute approximate surface area is 204 Å². The van der Waals surface area contributed by atoms with Gasteiger partial charge in [0.1, 0.15) is 0 Å². The number of aromatic nitrogens is 1. The van der Waals surface area contributed by atoms with E-state index in [1.165, 1.54) is 83.8 Å². The summed E-state index contributed by atoms with van der Waals surface area (Å²) in [5, 5.41) is 0. The smallest absolute Gasteiger partial charge is 0.0539 e. The molecule has 0 unspecified atom stereocenters. The molecule has 4 aromatic carbocycles. The summed E-state index contributed by atoms with van der Waals surface area (Å²) in [7, 11) is 0. The van der Waals surface area contributed by atoms with Gasteiger partial charge in [-0.15, -0.1) is 0 Å². The van der Waals surface area contributed by atoms with Crippen LogP contribution in [0.5, 0.6) is 0 Å². The van der Waals surface area contributed by atoms with Crippen LogP contribution >= 0.6 is 0 Å². The Hall–Kier alpha value is -4.17. The number of benzene rings is 4. The van der Waals surface area contributed by atoms with Crippen LogP contribution in [-0.2, 0) is 25.7 Å². The summed E-state index contributed by atoms with van der Waals surface area (Å²) in [4.78, 5) is 7.06. The minimum atomic E-state index is 0.956. The topological polar surface area (TPSA) is 16.1 Å². The molecule has 1 aromatic heterocycles. The van der Waals surface area contributed by atoms with Crippen molar-refractivity contribution in [2.24, 2.45) is 0 Å². The van der Waals surface area contributed by atoms with Gasteiger partial charge in [0, 0.05) is 25.2 Å². The van der Waals surface area contributed by atoms with Crippen molar-refractivity contribution in [2.75, 3.05) is 4.90 Å². The lowest BCUT2D eigenvalue weighted by Crippen LogP contribution is -2.25. The molecule has 0 bridgehead atoms. The molecule has 2 heteroatoms. The van der Waals surface area contributed by atoms with Gasteiger partial charge >= 0.3 is 0 Å². The van der Waals surface area contributed by atoms with E-state index in [-0.39, 0.29) is 0 Å². The standard InChI is InChI=1S/C33H22N2/c1-3-7-26-19(5-1)11-21-17-31-22(15-28(21)26)16-29-32-23(12-20-6-2-4-8-27(20)32)13-24-14-25-18-34-10-9-30(25)35(31)33(24)29/h1-10,13,15,17-18H,11-12,14,16H2. The third kappa shape index (κ3) is 2.27. The van der Waals surface area contributed by atoms with Crippen molar-refractivity contribution in [3.63, 3.8) is 0 Å². The highest BCUT2D eigenvalue weighted by atomic mass is 15.2. The van der Waals surface area contributed by atoms with Crippen LogP contribution in [0.4, 0.5) is 17.1 Å². The van der Waals surface area contributed by atoms with Crippen molar-refractivity contribution in [2.45, 2.75) is 25.7 Å². The highest BCUT2D eigenvalue weighted by molar-refractivity contribution is 5.96. The summed E-state index contributed by atoms with van der Waals surface area (Å²) in [5.41, 5.74) is 21.3. The summed E-state index contributed by atoms with van der Waals surface area (Å²) < 4.78 is 0. The second-order valence-electron chi connectivity index (χ2n) is 10.4. The van der Waals surface area contributed by atoms with Crippen molar-refractivity contribution in [1.29, 1.82) is 0 Å². The van der Waals surface area contributed by atoms with E-state index in [0.29, 0.717) is 0 Å². The summed E-state index contributed by atoms with van der Waals surface area (Å²) in [6.45, 7) is 0. The van der Waals surface area contributed by atoms with Gasteiger partial charge in [0.25, 0.3) is 0 Å². The van der Waals surface area contributed by atoms with Gasteiger partial charge in [-0.2, -0.15) is 0 Å².